The molecule has 1 aromatic heterocycles. The number of benzene rings is 2. The molecule has 0 radical (unpaired) electrons. The predicted molar refractivity (Wildman–Crippen MR) is 113 cm³/mol. The van der Waals surface area contributed by atoms with E-state index in [1.807, 2.05) is 43.3 Å². The summed E-state index contributed by atoms with van der Waals surface area (Å²) >= 11 is 1.27. The molecule has 3 aromatic rings. The molecular weight excluding hydrogens is 388 g/mol. The zero-order valence-corrected chi connectivity index (χ0v) is 16.8. The Morgan fingerprint density at radius 2 is 2.00 bits per heavy atom. The minimum atomic E-state index is -0.245. The van der Waals surface area contributed by atoms with Gasteiger partial charge in [-0.15, -0.1) is 11.3 Å². The van der Waals surface area contributed by atoms with Crippen LogP contribution in [0.1, 0.15) is 38.7 Å². The van der Waals surface area contributed by atoms with Crippen LogP contribution >= 0.6 is 11.3 Å². The van der Waals surface area contributed by atoms with E-state index in [1.54, 1.807) is 12.1 Å². The van der Waals surface area contributed by atoms with Crippen LogP contribution in [0.15, 0.2) is 48.5 Å². The van der Waals surface area contributed by atoms with Crippen LogP contribution in [0.25, 0.3) is 0 Å². The van der Waals surface area contributed by atoms with E-state index in [1.165, 1.54) is 18.4 Å². The molecule has 0 spiro atoms. The Balaban J connectivity index is 1.72. The summed E-state index contributed by atoms with van der Waals surface area (Å²) < 4.78 is 5.11. The number of carbonyl (C=O) groups excluding carboxylic acids is 2. The number of hydrogen-bond acceptors (Lipinski definition) is 5. The molecule has 0 saturated heterocycles. The number of phenols is 1. The van der Waals surface area contributed by atoms with Crippen LogP contribution in [-0.4, -0.2) is 24.0 Å². The number of thiophene rings is 1. The lowest BCUT2D eigenvalue weighted by Crippen LogP contribution is -2.22. The molecular formula is C22H20N2O4S. The number of ether oxygens (including phenoxy) is 1. The molecule has 0 unspecified atom stereocenters. The molecule has 0 aliphatic carbocycles. The number of nitrogens with one attached hydrogen (secondary N) is 2. The molecule has 7 heteroatoms. The molecule has 4 rings (SSSR count). The van der Waals surface area contributed by atoms with Gasteiger partial charge in [0, 0.05) is 18.0 Å². The highest BCUT2D eigenvalue weighted by Crippen LogP contribution is 2.46. The first-order valence-corrected chi connectivity index (χ1v) is 9.96. The molecule has 1 aliphatic rings. The fourth-order valence-electron chi connectivity index (χ4n) is 3.64. The normalized spacial score (nSPS) is 15.4. The fourth-order valence-corrected chi connectivity index (χ4v) is 4.82. The number of carbonyl (C=O) groups is 2. The lowest BCUT2D eigenvalue weighted by molar-refractivity contribution is -0.116. The van der Waals surface area contributed by atoms with Gasteiger partial charge in [-0.1, -0.05) is 24.3 Å². The Labute approximate surface area is 172 Å². The van der Waals surface area contributed by atoms with Crippen molar-refractivity contribution in [3.8, 4) is 11.5 Å². The smallest absolute Gasteiger partial charge is 0.266 e. The molecule has 6 nitrogen and oxygen atoms in total. The summed E-state index contributed by atoms with van der Waals surface area (Å²) in [4.78, 5) is 25.7. The van der Waals surface area contributed by atoms with E-state index in [-0.39, 0.29) is 29.9 Å². The Morgan fingerprint density at radius 3 is 2.69 bits per heavy atom. The van der Waals surface area contributed by atoms with Gasteiger partial charge in [-0.3, -0.25) is 9.59 Å². The summed E-state index contributed by atoms with van der Waals surface area (Å²) in [5.41, 5.74) is 3.26. The van der Waals surface area contributed by atoms with Crippen molar-refractivity contribution in [3.63, 3.8) is 0 Å². The van der Waals surface area contributed by atoms with Gasteiger partial charge in [0.05, 0.1) is 17.0 Å². The van der Waals surface area contributed by atoms with E-state index in [0.29, 0.717) is 21.3 Å². The van der Waals surface area contributed by atoms with E-state index >= 15 is 0 Å². The van der Waals surface area contributed by atoms with Crippen LogP contribution < -0.4 is 15.4 Å². The van der Waals surface area contributed by atoms with Crippen molar-refractivity contribution in [3.05, 3.63) is 70.1 Å². The van der Waals surface area contributed by atoms with Crippen LogP contribution in [0.4, 0.5) is 10.7 Å². The molecule has 2 aromatic carbocycles. The van der Waals surface area contributed by atoms with Crippen LogP contribution in [0.3, 0.4) is 0 Å². The number of amides is 2. The Bertz CT molecular complexity index is 1090. The summed E-state index contributed by atoms with van der Waals surface area (Å²) in [5, 5.41) is 16.6. The van der Waals surface area contributed by atoms with Gasteiger partial charge in [-0.05, 0) is 47.9 Å². The minimum absolute atomic E-state index is 0.0208. The molecule has 3 N–H and O–H groups in total. The van der Waals surface area contributed by atoms with E-state index in [4.69, 9.17) is 4.74 Å². The van der Waals surface area contributed by atoms with Crippen molar-refractivity contribution in [2.45, 2.75) is 19.3 Å². The molecule has 2 heterocycles. The molecule has 148 valence electrons. The van der Waals surface area contributed by atoms with E-state index in [0.717, 1.165) is 16.7 Å². The molecule has 29 heavy (non-hydrogen) atoms. The third-order valence-electron chi connectivity index (χ3n) is 5.03. The van der Waals surface area contributed by atoms with Gasteiger partial charge in [0.25, 0.3) is 5.91 Å². The van der Waals surface area contributed by atoms with Crippen molar-refractivity contribution >= 4 is 33.8 Å². The zero-order chi connectivity index (χ0) is 20.5. The van der Waals surface area contributed by atoms with Crippen molar-refractivity contribution in [1.29, 1.82) is 0 Å². The predicted octanol–water partition coefficient (Wildman–Crippen LogP) is 4.50. The monoisotopic (exact) mass is 408 g/mol. The van der Waals surface area contributed by atoms with Crippen molar-refractivity contribution in [1.82, 2.24) is 0 Å². The SMILES string of the molecule is COc1ccc([C@H]2CC(=O)Nc3sc(C(=O)Nc4ccccc4)c(C)c32)cc1O. The summed E-state index contributed by atoms with van der Waals surface area (Å²) in [7, 11) is 1.49. The van der Waals surface area contributed by atoms with E-state index in [9.17, 15) is 14.7 Å². The van der Waals surface area contributed by atoms with Crippen LogP contribution in [0.2, 0.25) is 0 Å². The second kappa shape index (κ2) is 7.60. The van der Waals surface area contributed by atoms with Gasteiger partial charge in [0.1, 0.15) is 0 Å². The fraction of sp³-hybridized carbons (Fsp3) is 0.182. The molecule has 0 saturated carbocycles. The second-order valence-corrected chi connectivity index (χ2v) is 7.88. The average molecular weight is 408 g/mol. The summed E-state index contributed by atoms with van der Waals surface area (Å²) in [5.74, 6) is -0.176. The number of para-hydroxylation sites is 1. The van der Waals surface area contributed by atoms with Gasteiger partial charge < -0.3 is 20.5 Å². The number of fused-ring (bicyclic) bond motifs is 1. The van der Waals surface area contributed by atoms with Crippen molar-refractivity contribution in [2.24, 2.45) is 0 Å². The summed E-state index contributed by atoms with van der Waals surface area (Å²) in [6, 6.07) is 14.4. The van der Waals surface area contributed by atoms with Gasteiger partial charge in [-0.25, -0.2) is 0 Å². The maximum Gasteiger partial charge on any atom is 0.266 e. The number of rotatable bonds is 4. The van der Waals surface area contributed by atoms with Crippen LogP contribution in [0, 0.1) is 6.92 Å². The Morgan fingerprint density at radius 1 is 1.24 bits per heavy atom. The van der Waals surface area contributed by atoms with Crippen molar-refractivity contribution < 1.29 is 19.4 Å². The van der Waals surface area contributed by atoms with Gasteiger partial charge in [-0.2, -0.15) is 0 Å². The van der Waals surface area contributed by atoms with E-state index < -0.39 is 0 Å². The highest BCUT2D eigenvalue weighted by atomic mass is 32.1. The lowest BCUT2D eigenvalue weighted by Gasteiger charge is -2.24. The minimum Gasteiger partial charge on any atom is -0.504 e. The largest absolute Gasteiger partial charge is 0.504 e. The summed E-state index contributed by atoms with van der Waals surface area (Å²) in [6.45, 7) is 1.89. The molecule has 0 fully saturated rings. The van der Waals surface area contributed by atoms with Crippen LogP contribution in [0.5, 0.6) is 11.5 Å². The topological polar surface area (TPSA) is 87.7 Å². The molecule has 1 aliphatic heterocycles. The van der Waals surface area contributed by atoms with Crippen LogP contribution in [-0.2, 0) is 4.79 Å². The molecule has 1 atom stereocenters. The van der Waals surface area contributed by atoms with Crippen molar-refractivity contribution in [2.75, 3.05) is 17.7 Å². The molecule has 0 bridgehead atoms. The third-order valence-corrected chi connectivity index (χ3v) is 6.25. The second-order valence-electron chi connectivity index (χ2n) is 6.86. The maximum atomic E-state index is 12.8. The lowest BCUT2D eigenvalue weighted by atomic mass is 9.84. The highest BCUT2D eigenvalue weighted by Gasteiger charge is 2.33. The first kappa shape index (κ1) is 19.0. The summed E-state index contributed by atoms with van der Waals surface area (Å²) in [6.07, 6.45) is 0.246. The van der Waals surface area contributed by atoms with Gasteiger partial charge in [0.15, 0.2) is 11.5 Å². The number of hydrogen-bond donors (Lipinski definition) is 3. The number of aromatic hydroxyl groups is 1. The zero-order valence-electron chi connectivity index (χ0n) is 16.0. The number of methoxy groups -OCH3 is 1. The quantitative estimate of drug-likeness (QED) is 0.593. The number of anilines is 2. The van der Waals surface area contributed by atoms with Gasteiger partial charge >= 0.3 is 0 Å². The standard InChI is InChI=1S/C22H20N2O4S/c1-12-19-15(13-8-9-17(28-2)16(25)10-13)11-18(26)24-22(19)29-20(12)21(27)23-14-6-4-3-5-7-14/h3-10,15,25H,11H2,1-2H3,(H,23,27)(H,24,26)/t15-/m1/s1. The Hall–Kier alpha value is -3.32. The average Bonchev–Trinajstić information content (AvgIpc) is 3.04. The van der Waals surface area contributed by atoms with E-state index in [2.05, 4.69) is 10.6 Å². The number of phenolic OH excluding ortho intramolecular Hbond substituents is 1. The first-order chi connectivity index (χ1) is 14.0. The third kappa shape index (κ3) is 3.56. The first-order valence-electron chi connectivity index (χ1n) is 9.14. The highest BCUT2D eigenvalue weighted by molar-refractivity contribution is 7.18. The maximum absolute atomic E-state index is 12.8. The molecule has 2 amide bonds. The Kier molecular flexibility index (Phi) is 4.98. The van der Waals surface area contributed by atoms with Gasteiger partial charge in [0.2, 0.25) is 5.91 Å².